The van der Waals surface area contributed by atoms with Crippen molar-refractivity contribution in [3.63, 3.8) is 0 Å². The highest BCUT2D eigenvalue weighted by molar-refractivity contribution is 6.05. The molecule has 140 valence electrons. The summed E-state index contributed by atoms with van der Waals surface area (Å²) in [7, 11) is 0. The molecule has 9 nitrogen and oxygen atoms in total. The fraction of sp³-hybridized carbons (Fsp3) is 0. The normalized spacial score (nSPS) is 10.3. The standard InChI is InChI=1S/C18H13N7O2.ClH/c19-18-22-8-12(9-23-18)25-10-14(15(26)13-2-1-5-21-16(13)25)17(27)24-11-3-6-20-7-4-11;/h1-10H,(H2,19,22,23)(H,20,24,27);1H. The van der Waals surface area contributed by atoms with Gasteiger partial charge in [0.05, 0.1) is 23.5 Å². The maximum atomic E-state index is 12.8. The van der Waals surface area contributed by atoms with Crippen LogP contribution in [0.1, 0.15) is 10.4 Å². The molecule has 4 heterocycles. The van der Waals surface area contributed by atoms with Crippen molar-refractivity contribution in [3.8, 4) is 5.69 Å². The number of halogens is 1. The maximum Gasteiger partial charge on any atom is 0.261 e. The van der Waals surface area contributed by atoms with Crippen LogP contribution in [0.2, 0.25) is 0 Å². The van der Waals surface area contributed by atoms with Gasteiger partial charge in [-0.15, -0.1) is 12.4 Å². The first kappa shape index (κ1) is 18.9. The van der Waals surface area contributed by atoms with Crippen LogP contribution in [0.4, 0.5) is 11.6 Å². The molecule has 0 saturated heterocycles. The second kappa shape index (κ2) is 7.80. The zero-order valence-electron chi connectivity index (χ0n) is 14.3. The van der Waals surface area contributed by atoms with Gasteiger partial charge in [-0.25, -0.2) is 15.0 Å². The molecule has 1 amide bonds. The van der Waals surface area contributed by atoms with E-state index >= 15 is 0 Å². The number of nitrogens with one attached hydrogen (secondary N) is 1. The number of carbonyl (C=O) groups excluding carboxylic acids is 1. The van der Waals surface area contributed by atoms with Crippen LogP contribution in [-0.2, 0) is 0 Å². The Hall–Kier alpha value is -3.85. The minimum Gasteiger partial charge on any atom is -0.368 e. The Labute approximate surface area is 164 Å². The number of hydrogen-bond donors (Lipinski definition) is 2. The fourth-order valence-corrected chi connectivity index (χ4v) is 2.61. The van der Waals surface area contributed by atoms with Crippen molar-refractivity contribution in [2.75, 3.05) is 11.1 Å². The molecule has 28 heavy (non-hydrogen) atoms. The summed E-state index contributed by atoms with van der Waals surface area (Å²) < 4.78 is 1.58. The molecular weight excluding hydrogens is 382 g/mol. The molecule has 4 aromatic rings. The molecular formula is C18H14ClN7O2. The third-order valence-electron chi connectivity index (χ3n) is 3.88. The Bertz CT molecular complexity index is 1190. The summed E-state index contributed by atoms with van der Waals surface area (Å²) in [6, 6.07) is 6.51. The van der Waals surface area contributed by atoms with Crippen LogP contribution < -0.4 is 16.5 Å². The molecule has 4 rings (SSSR count). The van der Waals surface area contributed by atoms with Crippen molar-refractivity contribution in [2.24, 2.45) is 0 Å². The molecule has 0 atom stereocenters. The zero-order valence-corrected chi connectivity index (χ0v) is 15.1. The van der Waals surface area contributed by atoms with Gasteiger partial charge >= 0.3 is 0 Å². The lowest BCUT2D eigenvalue weighted by Crippen LogP contribution is -2.24. The van der Waals surface area contributed by atoms with Gasteiger partial charge in [0.2, 0.25) is 11.4 Å². The van der Waals surface area contributed by atoms with Crippen LogP contribution in [0.15, 0.2) is 66.2 Å². The minimum absolute atomic E-state index is 0. The number of anilines is 2. The summed E-state index contributed by atoms with van der Waals surface area (Å²) in [5.41, 5.74) is 6.52. The third kappa shape index (κ3) is 3.51. The van der Waals surface area contributed by atoms with Gasteiger partial charge in [-0.2, -0.15) is 0 Å². The number of rotatable bonds is 3. The van der Waals surface area contributed by atoms with Crippen molar-refractivity contribution in [3.05, 3.63) is 77.2 Å². The number of nitrogens with two attached hydrogens (primary N) is 1. The van der Waals surface area contributed by atoms with Crippen molar-refractivity contribution in [1.29, 1.82) is 0 Å². The number of aromatic nitrogens is 5. The largest absolute Gasteiger partial charge is 0.368 e. The van der Waals surface area contributed by atoms with E-state index in [0.29, 0.717) is 22.4 Å². The van der Waals surface area contributed by atoms with Gasteiger partial charge in [-0.1, -0.05) is 0 Å². The topological polar surface area (TPSA) is 129 Å². The molecule has 4 aromatic heterocycles. The Balaban J connectivity index is 0.00000225. The van der Waals surface area contributed by atoms with E-state index in [2.05, 4.69) is 25.3 Å². The van der Waals surface area contributed by atoms with Crippen LogP contribution in [0.5, 0.6) is 0 Å². The van der Waals surface area contributed by atoms with Gasteiger partial charge in [0.25, 0.3) is 5.91 Å². The quantitative estimate of drug-likeness (QED) is 0.541. The highest BCUT2D eigenvalue weighted by atomic mass is 35.5. The molecule has 0 spiro atoms. The van der Waals surface area contributed by atoms with E-state index in [1.165, 1.54) is 18.6 Å². The first-order valence-electron chi connectivity index (χ1n) is 7.93. The smallest absolute Gasteiger partial charge is 0.261 e. The number of amides is 1. The lowest BCUT2D eigenvalue weighted by Gasteiger charge is -2.12. The number of nitrogen functional groups attached to an aromatic ring is 1. The fourth-order valence-electron chi connectivity index (χ4n) is 2.61. The van der Waals surface area contributed by atoms with Crippen molar-refractivity contribution in [1.82, 2.24) is 24.5 Å². The molecule has 0 aliphatic rings. The second-order valence-electron chi connectivity index (χ2n) is 5.61. The van der Waals surface area contributed by atoms with Crippen LogP contribution in [-0.4, -0.2) is 30.4 Å². The zero-order chi connectivity index (χ0) is 18.8. The number of nitrogens with zero attached hydrogens (tertiary/aromatic N) is 5. The van der Waals surface area contributed by atoms with Crippen LogP contribution in [0.3, 0.4) is 0 Å². The van der Waals surface area contributed by atoms with Crippen molar-refractivity contribution >= 4 is 41.0 Å². The average molecular weight is 396 g/mol. The Morgan fingerprint density at radius 1 is 1.04 bits per heavy atom. The SMILES string of the molecule is Cl.Nc1ncc(-n2cc(C(=O)Nc3ccncc3)c(=O)c3cccnc32)cn1. The number of pyridine rings is 3. The van der Waals surface area contributed by atoms with E-state index in [-0.39, 0.29) is 23.9 Å². The van der Waals surface area contributed by atoms with Gasteiger partial charge in [0.15, 0.2) is 0 Å². The van der Waals surface area contributed by atoms with Gasteiger partial charge in [-0.05, 0) is 24.3 Å². The van der Waals surface area contributed by atoms with Crippen molar-refractivity contribution < 1.29 is 4.79 Å². The number of hydrogen-bond acceptors (Lipinski definition) is 7. The summed E-state index contributed by atoms with van der Waals surface area (Å²) in [6.07, 6.45) is 9.06. The predicted octanol–water partition coefficient (Wildman–Crippen LogP) is 1.83. The summed E-state index contributed by atoms with van der Waals surface area (Å²) in [6.45, 7) is 0. The van der Waals surface area contributed by atoms with Crippen LogP contribution >= 0.6 is 12.4 Å². The Morgan fingerprint density at radius 2 is 1.75 bits per heavy atom. The second-order valence-corrected chi connectivity index (χ2v) is 5.61. The summed E-state index contributed by atoms with van der Waals surface area (Å²) in [5, 5.41) is 2.99. The van der Waals surface area contributed by atoms with E-state index in [1.807, 2.05) is 0 Å². The van der Waals surface area contributed by atoms with E-state index in [0.717, 1.165) is 0 Å². The van der Waals surface area contributed by atoms with Gasteiger partial charge in [0.1, 0.15) is 11.2 Å². The number of carbonyl (C=O) groups is 1. The molecule has 0 unspecified atom stereocenters. The molecule has 0 aliphatic heterocycles. The van der Waals surface area contributed by atoms with Crippen LogP contribution in [0.25, 0.3) is 16.7 Å². The molecule has 3 N–H and O–H groups in total. The lowest BCUT2D eigenvalue weighted by molar-refractivity contribution is 0.102. The minimum atomic E-state index is -0.540. The molecule has 0 radical (unpaired) electrons. The van der Waals surface area contributed by atoms with E-state index in [1.54, 1.807) is 47.4 Å². The molecule has 10 heteroatoms. The lowest BCUT2D eigenvalue weighted by atomic mass is 10.1. The third-order valence-corrected chi connectivity index (χ3v) is 3.88. The molecule has 0 bridgehead atoms. The first-order valence-corrected chi connectivity index (χ1v) is 7.93. The highest BCUT2D eigenvalue weighted by Gasteiger charge is 2.17. The molecule has 0 fully saturated rings. The first-order chi connectivity index (χ1) is 13.1. The Morgan fingerprint density at radius 3 is 2.46 bits per heavy atom. The van der Waals surface area contributed by atoms with Gasteiger partial charge in [-0.3, -0.25) is 19.1 Å². The van der Waals surface area contributed by atoms with Gasteiger partial charge < -0.3 is 11.1 Å². The summed E-state index contributed by atoms with van der Waals surface area (Å²) >= 11 is 0. The van der Waals surface area contributed by atoms with E-state index in [9.17, 15) is 9.59 Å². The molecule has 0 aromatic carbocycles. The maximum absolute atomic E-state index is 12.8. The van der Waals surface area contributed by atoms with E-state index in [4.69, 9.17) is 5.73 Å². The monoisotopic (exact) mass is 395 g/mol. The summed E-state index contributed by atoms with van der Waals surface area (Å²) in [4.78, 5) is 41.6. The number of fused-ring (bicyclic) bond motifs is 1. The predicted molar refractivity (Wildman–Crippen MR) is 107 cm³/mol. The molecule has 0 saturated carbocycles. The van der Waals surface area contributed by atoms with E-state index < -0.39 is 11.3 Å². The summed E-state index contributed by atoms with van der Waals surface area (Å²) in [5.74, 6) is -0.422. The van der Waals surface area contributed by atoms with Crippen LogP contribution in [0, 0.1) is 0 Å². The molecule has 0 aliphatic carbocycles. The average Bonchev–Trinajstić information content (AvgIpc) is 2.70. The highest BCUT2D eigenvalue weighted by Crippen LogP contribution is 2.16. The van der Waals surface area contributed by atoms with Gasteiger partial charge in [0, 0.05) is 30.5 Å². The Kier molecular flexibility index (Phi) is 5.28. The van der Waals surface area contributed by atoms with Crippen molar-refractivity contribution in [2.45, 2.75) is 0 Å².